The monoisotopic (exact) mass is 254 g/mol. The van der Waals surface area contributed by atoms with E-state index in [4.69, 9.17) is 14.5 Å². The van der Waals surface area contributed by atoms with Crippen molar-refractivity contribution in [2.24, 2.45) is 5.92 Å². The van der Waals surface area contributed by atoms with Crippen LogP contribution in [0.4, 0.5) is 0 Å². The zero-order valence-corrected chi connectivity index (χ0v) is 10.8. The largest absolute Gasteiger partial charge is 0.361 e. The van der Waals surface area contributed by atoms with E-state index in [-0.39, 0.29) is 0 Å². The highest BCUT2D eigenvalue weighted by molar-refractivity contribution is 5.06. The average molecular weight is 254 g/mol. The molecule has 2 heterocycles. The first-order chi connectivity index (χ1) is 8.68. The van der Waals surface area contributed by atoms with E-state index in [1.807, 2.05) is 0 Å². The van der Waals surface area contributed by atoms with Crippen molar-refractivity contribution in [1.29, 1.82) is 0 Å². The zero-order chi connectivity index (χ0) is 12.3. The standard InChI is InChI=1S/C14H22O4/c15-14-9-4-3-7-12(14)10-6-11-5-1-2-8-13(11,16-12)17-18-14/h11,15H,1-10H2. The van der Waals surface area contributed by atoms with Crippen LogP contribution in [0.5, 0.6) is 0 Å². The highest BCUT2D eigenvalue weighted by Gasteiger charge is 2.67. The minimum absolute atomic E-state index is 0.448. The summed E-state index contributed by atoms with van der Waals surface area (Å²) in [6.45, 7) is 0. The maximum absolute atomic E-state index is 10.7. The van der Waals surface area contributed by atoms with E-state index in [1.54, 1.807) is 0 Å². The molecule has 0 radical (unpaired) electrons. The molecule has 4 atom stereocenters. The van der Waals surface area contributed by atoms with Crippen molar-refractivity contribution >= 4 is 0 Å². The summed E-state index contributed by atoms with van der Waals surface area (Å²) in [5.74, 6) is -1.32. The average Bonchev–Trinajstić information content (AvgIpc) is 2.40. The maximum Gasteiger partial charge on any atom is 0.228 e. The van der Waals surface area contributed by atoms with Gasteiger partial charge in [-0.25, -0.2) is 0 Å². The molecule has 18 heavy (non-hydrogen) atoms. The molecule has 4 aliphatic rings. The van der Waals surface area contributed by atoms with Gasteiger partial charge >= 0.3 is 0 Å². The van der Waals surface area contributed by atoms with Gasteiger partial charge in [-0.3, -0.25) is 0 Å². The Balaban J connectivity index is 1.70. The Morgan fingerprint density at radius 3 is 2.61 bits per heavy atom. The molecule has 2 aliphatic carbocycles. The topological polar surface area (TPSA) is 47.9 Å². The highest BCUT2D eigenvalue weighted by atomic mass is 17.3. The third-order valence-corrected chi connectivity index (χ3v) is 5.59. The zero-order valence-electron chi connectivity index (χ0n) is 10.8. The van der Waals surface area contributed by atoms with Gasteiger partial charge in [-0.05, 0) is 38.5 Å². The molecule has 4 unspecified atom stereocenters. The Hall–Kier alpha value is -0.160. The Bertz CT molecular complexity index is 360. The Kier molecular flexibility index (Phi) is 2.39. The summed E-state index contributed by atoms with van der Waals surface area (Å²) >= 11 is 0. The van der Waals surface area contributed by atoms with Crippen LogP contribution in [0.25, 0.3) is 0 Å². The van der Waals surface area contributed by atoms with E-state index in [1.165, 1.54) is 6.42 Å². The molecule has 0 aromatic carbocycles. The lowest BCUT2D eigenvalue weighted by Crippen LogP contribution is -2.72. The first-order valence-corrected chi connectivity index (χ1v) is 7.48. The fourth-order valence-corrected chi connectivity index (χ4v) is 4.51. The minimum Gasteiger partial charge on any atom is -0.361 e. The fraction of sp³-hybridized carbons (Fsp3) is 1.00. The summed E-state index contributed by atoms with van der Waals surface area (Å²) in [6, 6.07) is 0. The summed E-state index contributed by atoms with van der Waals surface area (Å²) < 4.78 is 6.41. The van der Waals surface area contributed by atoms with Gasteiger partial charge < -0.3 is 9.84 Å². The predicted molar refractivity (Wildman–Crippen MR) is 63.3 cm³/mol. The lowest BCUT2D eigenvalue weighted by Gasteiger charge is -2.62. The molecule has 2 bridgehead atoms. The number of ether oxygens (including phenoxy) is 1. The number of aliphatic hydroxyl groups is 1. The van der Waals surface area contributed by atoms with Crippen LogP contribution in [0.3, 0.4) is 0 Å². The van der Waals surface area contributed by atoms with E-state index >= 15 is 0 Å². The molecule has 2 aliphatic heterocycles. The molecule has 2 saturated carbocycles. The SMILES string of the molecule is OC12CCCCC13CCC1CCCCC1(OO2)O3. The molecule has 0 amide bonds. The third kappa shape index (κ3) is 1.35. The normalized spacial score (nSPS) is 55.5. The molecule has 4 fully saturated rings. The second kappa shape index (κ2) is 3.69. The third-order valence-electron chi connectivity index (χ3n) is 5.59. The van der Waals surface area contributed by atoms with E-state index in [9.17, 15) is 5.11 Å². The molecular formula is C14H22O4. The van der Waals surface area contributed by atoms with Crippen LogP contribution in [0, 0.1) is 5.92 Å². The van der Waals surface area contributed by atoms with Crippen molar-refractivity contribution in [2.45, 2.75) is 81.4 Å². The van der Waals surface area contributed by atoms with Crippen LogP contribution in [-0.4, -0.2) is 22.3 Å². The van der Waals surface area contributed by atoms with Crippen molar-refractivity contribution in [3.05, 3.63) is 0 Å². The molecule has 0 aromatic heterocycles. The van der Waals surface area contributed by atoms with Crippen LogP contribution in [-0.2, 0) is 14.5 Å². The number of rotatable bonds is 0. The summed E-state index contributed by atoms with van der Waals surface area (Å²) in [5.41, 5.74) is -0.503. The van der Waals surface area contributed by atoms with Gasteiger partial charge in [-0.15, -0.1) is 0 Å². The van der Waals surface area contributed by atoms with Crippen molar-refractivity contribution in [3.63, 3.8) is 0 Å². The van der Waals surface area contributed by atoms with Crippen LogP contribution in [0.2, 0.25) is 0 Å². The molecule has 2 spiro atoms. The predicted octanol–water partition coefficient (Wildman–Crippen LogP) is 2.65. The van der Waals surface area contributed by atoms with Crippen LogP contribution in [0.1, 0.15) is 64.2 Å². The molecule has 0 aromatic rings. The van der Waals surface area contributed by atoms with Gasteiger partial charge in [-0.1, -0.05) is 12.8 Å². The van der Waals surface area contributed by atoms with Gasteiger partial charge in [0.05, 0.1) is 0 Å². The van der Waals surface area contributed by atoms with E-state index in [0.29, 0.717) is 12.3 Å². The Morgan fingerprint density at radius 2 is 1.67 bits per heavy atom. The Labute approximate surface area is 108 Å². The maximum atomic E-state index is 10.7. The van der Waals surface area contributed by atoms with Crippen LogP contribution >= 0.6 is 0 Å². The number of hydrogen-bond acceptors (Lipinski definition) is 4. The first kappa shape index (κ1) is 11.6. The second-order valence-corrected chi connectivity index (χ2v) is 6.55. The summed E-state index contributed by atoms with van der Waals surface area (Å²) in [4.78, 5) is 11.2. The molecular weight excluding hydrogens is 232 g/mol. The van der Waals surface area contributed by atoms with Crippen molar-refractivity contribution in [1.82, 2.24) is 0 Å². The molecule has 102 valence electrons. The summed E-state index contributed by atoms with van der Waals surface area (Å²) in [7, 11) is 0. The molecule has 1 N–H and O–H groups in total. The molecule has 4 nitrogen and oxygen atoms in total. The van der Waals surface area contributed by atoms with Gasteiger partial charge in [0.15, 0.2) is 0 Å². The van der Waals surface area contributed by atoms with Crippen molar-refractivity contribution in [2.75, 3.05) is 0 Å². The van der Waals surface area contributed by atoms with E-state index < -0.39 is 17.2 Å². The molecule has 4 rings (SSSR count). The fourth-order valence-electron chi connectivity index (χ4n) is 4.51. The lowest BCUT2D eigenvalue weighted by molar-refractivity contribution is -0.610. The van der Waals surface area contributed by atoms with Gasteiger partial charge in [0.2, 0.25) is 11.6 Å². The van der Waals surface area contributed by atoms with Gasteiger partial charge in [0, 0.05) is 18.8 Å². The van der Waals surface area contributed by atoms with Crippen LogP contribution < -0.4 is 0 Å². The minimum atomic E-state index is -1.21. The quantitative estimate of drug-likeness (QED) is 0.675. The van der Waals surface area contributed by atoms with Gasteiger partial charge in [-0.2, -0.15) is 9.78 Å². The summed E-state index contributed by atoms with van der Waals surface area (Å²) in [6.07, 6.45) is 10.1. The van der Waals surface area contributed by atoms with Gasteiger partial charge in [0.1, 0.15) is 5.60 Å². The van der Waals surface area contributed by atoms with E-state index in [0.717, 1.165) is 51.4 Å². The lowest BCUT2D eigenvalue weighted by atomic mass is 9.68. The van der Waals surface area contributed by atoms with Crippen LogP contribution in [0.15, 0.2) is 0 Å². The first-order valence-electron chi connectivity index (χ1n) is 7.48. The Morgan fingerprint density at radius 1 is 0.833 bits per heavy atom. The smallest absolute Gasteiger partial charge is 0.228 e. The number of hydrogen-bond donors (Lipinski definition) is 1. The van der Waals surface area contributed by atoms with E-state index in [2.05, 4.69) is 0 Å². The van der Waals surface area contributed by atoms with Gasteiger partial charge in [0.25, 0.3) is 0 Å². The van der Waals surface area contributed by atoms with Crippen molar-refractivity contribution < 1.29 is 19.6 Å². The summed E-state index contributed by atoms with van der Waals surface area (Å²) in [5, 5.41) is 10.7. The van der Waals surface area contributed by atoms with Crippen molar-refractivity contribution in [3.8, 4) is 0 Å². The second-order valence-electron chi connectivity index (χ2n) is 6.55. The highest BCUT2D eigenvalue weighted by Crippen LogP contribution is 2.58. The molecule has 2 saturated heterocycles. The molecule has 4 heteroatoms.